The minimum Gasteiger partial charge on any atom is -0.494 e. The van der Waals surface area contributed by atoms with E-state index >= 15 is 0 Å². The highest BCUT2D eigenvalue weighted by Gasteiger charge is 2.12. The average molecular weight is 363 g/mol. The molecule has 9 heteroatoms. The molecule has 0 atom stereocenters. The Bertz CT molecular complexity index is 999. The topological polar surface area (TPSA) is 82.8 Å². The SMILES string of the molecule is COc1ccc(CC(=O)OCc2nn3c(=O)cc(C)nc3s2)cc1F. The largest absolute Gasteiger partial charge is 0.494 e. The van der Waals surface area contributed by atoms with Crippen molar-refractivity contribution in [2.24, 2.45) is 0 Å². The summed E-state index contributed by atoms with van der Waals surface area (Å²) in [6.45, 7) is 1.64. The lowest BCUT2D eigenvalue weighted by Crippen LogP contribution is -2.14. The van der Waals surface area contributed by atoms with Crippen molar-refractivity contribution >= 4 is 22.3 Å². The van der Waals surface area contributed by atoms with Gasteiger partial charge in [-0.25, -0.2) is 9.37 Å². The van der Waals surface area contributed by atoms with Crippen LogP contribution in [-0.4, -0.2) is 27.7 Å². The lowest BCUT2D eigenvalue weighted by atomic mass is 10.1. The number of nitrogens with zero attached hydrogens (tertiary/aromatic N) is 3. The van der Waals surface area contributed by atoms with Gasteiger partial charge in [-0.05, 0) is 24.6 Å². The summed E-state index contributed by atoms with van der Waals surface area (Å²) in [7, 11) is 1.37. The number of fused-ring (bicyclic) bond motifs is 1. The molecule has 3 rings (SSSR count). The third kappa shape index (κ3) is 3.82. The molecule has 0 N–H and O–H groups in total. The molecule has 0 bridgehead atoms. The molecule has 2 heterocycles. The van der Waals surface area contributed by atoms with Crippen LogP contribution in [0.4, 0.5) is 4.39 Å². The minimum absolute atomic E-state index is 0.0794. The van der Waals surface area contributed by atoms with Gasteiger partial charge in [0, 0.05) is 11.8 Å². The van der Waals surface area contributed by atoms with E-state index in [4.69, 9.17) is 9.47 Å². The number of hydrogen-bond donors (Lipinski definition) is 0. The summed E-state index contributed by atoms with van der Waals surface area (Å²) in [6.07, 6.45) is -0.0802. The maximum atomic E-state index is 13.6. The fourth-order valence-electron chi connectivity index (χ4n) is 2.20. The first-order valence-corrected chi connectivity index (χ1v) is 8.12. The van der Waals surface area contributed by atoms with Crippen LogP contribution < -0.4 is 10.3 Å². The van der Waals surface area contributed by atoms with E-state index in [1.165, 1.54) is 41.2 Å². The Hall–Kier alpha value is -2.81. The number of carbonyl (C=O) groups is 1. The molecule has 0 spiro atoms. The van der Waals surface area contributed by atoms with Gasteiger partial charge in [0.2, 0.25) is 4.96 Å². The van der Waals surface area contributed by atoms with E-state index in [2.05, 4.69) is 10.1 Å². The summed E-state index contributed by atoms with van der Waals surface area (Å²) < 4.78 is 24.7. The predicted molar refractivity (Wildman–Crippen MR) is 88.3 cm³/mol. The van der Waals surface area contributed by atoms with Gasteiger partial charge in [-0.3, -0.25) is 9.59 Å². The summed E-state index contributed by atoms with van der Waals surface area (Å²) in [6, 6.07) is 5.64. The zero-order valence-electron chi connectivity index (χ0n) is 13.5. The molecule has 0 saturated carbocycles. The third-order valence-electron chi connectivity index (χ3n) is 3.34. The molecular weight excluding hydrogens is 349 g/mol. The van der Waals surface area contributed by atoms with Gasteiger partial charge in [0.1, 0.15) is 6.61 Å². The Balaban J connectivity index is 1.65. The smallest absolute Gasteiger partial charge is 0.310 e. The van der Waals surface area contributed by atoms with Gasteiger partial charge >= 0.3 is 5.97 Å². The highest BCUT2D eigenvalue weighted by atomic mass is 32.1. The number of benzene rings is 1. The second-order valence-electron chi connectivity index (χ2n) is 5.23. The Morgan fingerprint density at radius 2 is 2.16 bits per heavy atom. The van der Waals surface area contributed by atoms with Crippen molar-refractivity contribution in [1.82, 2.24) is 14.6 Å². The van der Waals surface area contributed by atoms with Crippen molar-refractivity contribution in [3.05, 3.63) is 56.7 Å². The van der Waals surface area contributed by atoms with Crippen LogP contribution in [0.3, 0.4) is 0 Å². The van der Waals surface area contributed by atoms with E-state index in [0.29, 0.717) is 21.2 Å². The lowest BCUT2D eigenvalue weighted by molar-refractivity contribution is -0.144. The van der Waals surface area contributed by atoms with Gasteiger partial charge < -0.3 is 9.47 Å². The number of esters is 1. The maximum Gasteiger partial charge on any atom is 0.310 e. The van der Waals surface area contributed by atoms with E-state index in [0.717, 1.165) is 0 Å². The Labute approximate surface area is 145 Å². The van der Waals surface area contributed by atoms with Crippen LogP contribution >= 0.6 is 11.3 Å². The second kappa shape index (κ2) is 6.98. The van der Waals surface area contributed by atoms with Crippen LogP contribution in [0, 0.1) is 12.7 Å². The molecule has 0 aliphatic carbocycles. The second-order valence-corrected chi connectivity index (χ2v) is 6.27. The van der Waals surface area contributed by atoms with Crippen molar-refractivity contribution in [3.63, 3.8) is 0 Å². The van der Waals surface area contributed by atoms with Gasteiger partial charge in [-0.2, -0.15) is 9.61 Å². The fourth-order valence-corrected chi connectivity index (χ4v) is 3.06. The summed E-state index contributed by atoms with van der Waals surface area (Å²) >= 11 is 1.17. The van der Waals surface area contributed by atoms with E-state index in [9.17, 15) is 14.0 Å². The Morgan fingerprint density at radius 1 is 1.36 bits per heavy atom. The minimum atomic E-state index is -0.542. The van der Waals surface area contributed by atoms with Crippen molar-refractivity contribution in [2.75, 3.05) is 7.11 Å². The molecule has 0 aliphatic heterocycles. The molecule has 0 aliphatic rings. The van der Waals surface area contributed by atoms with Crippen LogP contribution in [0.1, 0.15) is 16.3 Å². The van der Waals surface area contributed by atoms with Crippen molar-refractivity contribution in [2.45, 2.75) is 20.0 Å². The average Bonchev–Trinajstić information content (AvgIpc) is 2.96. The first-order chi connectivity index (χ1) is 12.0. The number of halogens is 1. The number of aryl methyl sites for hydroxylation is 1. The first kappa shape index (κ1) is 17.0. The molecule has 25 heavy (non-hydrogen) atoms. The predicted octanol–water partition coefficient (Wildman–Crippen LogP) is 1.89. The molecule has 7 nitrogen and oxygen atoms in total. The number of carbonyl (C=O) groups excluding carboxylic acids is 1. The zero-order chi connectivity index (χ0) is 18.0. The third-order valence-corrected chi connectivity index (χ3v) is 4.22. The quantitative estimate of drug-likeness (QED) is 0.644. The summed E-state index contributed by atoms with van der Waals surface area (Å²) in [5.41, 5.74) is 0.782. The van der Waals surface area contributed by atoms with Crippen LogP contribution in [0.15, 0.2) is 29.1 Å². The zero-order valence-corrected chi connectivity index (χ0v) is 14.3. The van der Waals surface area contributed by atoms with E-state index < -0.39 is 11.8 Å². The number of methoxy groups -OCH3 is 1. The first-order valence-electron chi connectivity index (χ1n) is 7.30. The summed E-state index contributed by atoms with van der Waals surface area (Å²) in [4.78, 5) is 28.3. The summed E-state index contributed by atoms with van der Waals surface area (Å²) in [5.74, 6) is -0.958. The van der Waals surface area contributed by atoms with Crippen molar-refractivity contribution in [3.8, 4) is 5.75 Å². The highest BCUT2D eigenvalue weighted by molar-refractivity contribution is 7.16. The maximum absolute atomic E-state index is 13.6. The van der Waals surface area contributed by atoms with Gasteiger partial charge in [0.05, 0.1) is 13.5 Å². The molecule has 3 aromatic rings. The lowest BCUT2D eigenvalue weighted by Gasteiger charge is -2.05. The van der Waals surface area contributed by atoms with Gasteiger partial charge in [0.25, 0.3) is 5.56 Å². The standard InChI is InChI=1S/C16H14FN3O4S/c1-9-5-14(21)20-16(18-9)25-13(19-20)8-24-15(22)7-10-3-4-12(23-2)11(17)6-10/h3-6H,7-8H2,1-2H3. The number of hydrogen-bond acceptors (Lipinski definition) is 7. The molecule has 0 amide bonds. The van der Waals surface area contributed by atoms with E-state index in [1.54, 1.807) is 13.0 Å². The molecule has 0 radical (unpaired) electrons. The molecule has 0 saturated heterocycles. The van der Waals surface area contributed by atoms with Crippen molar-refractivity contribution in [1.29, 1.82) is 0 Å². The molecule has 1 aromatic carbocycles. The summed E-state index contributed by atoms with van der Waals surface area (Å²) in [5, 5.41) is 4.52. The van der Waals surface area contributed by atoms with Gasteiger partial charge in [-0.15, -0.1) is 0 Å². The molecule has 0 unspecified atom stereocenters. The molecule has 0 fully saturated rings. The van der Waals surface area contributed by atoms with Gasteiger partial charge in [0.15, 0.2) is 16.6 Å². The molecular formula is C16H14FN3O4S. The number of ether oxygens (including phenoxy) is 2. The van der Waals surface area contributed by atoms with Crippen LogP contribution in [0.25, 0.3) is 4.96 Å². The number of aromatic nitrogens is 3. The van der Waals surface area contributed by atoms with E-state index in [-0.39, 0.29) is 24.3 Å². The van der Waals surface area contributed by atoms with Crippen LogP contribution in [0.5, 0.6) is 5.75 Å². The Morgan fingerprint density at radius 3 is 2.88 bits per heavy atom. The fraction of sp³-hybridized carbons (Fsp3) is 0.250. The molecule has 2 aromatic heterocycles. The van der Waals surface area contributed by atoms with Crippen LogP contribution in [0.2, 0.25) is 0 Å². The number of rotatable bonds is 5. The van der Waals surface area contributed by atoms with Crippen molar-refractivity contribution < 1.29 is 18.7 Å². The van der Waals surface area contributed by atoms with Crippen LogP contribution in [-0.2, 0) is 22.6 Å². The van der Waals surface area contributed by atoms with E-state index in [1.807, 2.05) is 0 Å². The molecule has 130 valence electrons. The normalized spacial score (nSPS) is 10.8. The Kier molecular flexibility index (Phi) is 4.75. The monoisotopic (exact) mass is 363 g/mol. The highest BCUT2D eigenvalue weighted by Crippen LogP contribution is 2.18. The van der Waals surface area contributed by atoms with Gasteiger partial charge in [-0.1, -0.05) is 17.4 Å².